The first-order chi connectivity index (χ1) is 14.6. The van der Waals surface area contributed by atoms with Crippen molar-refractivity contribution in [1.82, 2.24) is 9.80 Å². The van der Waals surface area contributed by atoms with E-state index in [1.54, 1.807) is 0 Å². The van der Waals surface area contributed by atoms with E-state index in [1.807, 2.05) is 18.2 Å². The lowest BCUT2D eigenvalue weighted by Crippen LogP contribution is -2.52. The number of hydrogen-bond acceptors (Lipinski definition) is 5. The van der Waals surface area contributed by atoms with Crippen LogP contribution in [0.3, 0.4) is 0 Å². The Morgan fingerprint density at radius 3 is 2.40 bits per heavy atom. The fourth-order valence-electron chi connectivity index (χ4n) is 4.44. The Bertz CT molecular complexity index is 659. The topological polar surface area (TPSA) is 90.3 Å². The molecular formula is C23H34N2O5. The van der Waals surface area contributed by atoms with Gasteiger partial charge in [0.2, 0.25) is 5.91 Å². The van der Waals surface area contributed by atoms with Crippen molar-refractivity contribution in [2.45, 2.75) is 56.8 Å². The highest BCUT2D eigenvalue weighted by molar-refractivity contribution is 5.77. The minimum absolute atomic E-state index is 0.0127. The lowest BCUT2D eigenvalue weighted by molar-refractivity contribution is -0.149. The first-order valence-corrected chi connectivity index (χ1v) is 11.1. The van der Waals surface area contributed by atoms with Gasteiger partial charge in [0, 0.05) is 32.6 Å². The number of piperidine rings is 1. The van der Waals surface area contributed by atoms with Gasteiger partial charge in [-0.3, -0.25) is 9.59 Å². The van der Waals surface area contributed by atoms with Gasteiger partial charge in [0.15, 0.2) is 0 Å². The van der Waals surface area contributed by atoms with Gasteiger partial charge in [0.05, 0.1) is 24.9 Å². The Hall–Kier alpha value is -1.96. The molecule has 1 amide bonds. The SMILES string of the molecule is O=C(CCC1CC1)N1CCO[C@@H](CN2CCC(O)CC2)[C@@H]1c1ccccc1.O=CO. The number of aliphatic hydroxyl groups excluding tert-OH is 1. The van der Waals surface area contributed by atoms with Crippen molar-refractivity contribution in [3.8, 4) is 0 Å². The monoisotopic (exact) mass is 418 g/mol. The van der Waals surface area contributed by atoms with E-state index in [9.17, 15) is 9.90 Å². The fourth-order valence-corrected chi connectivity index (χ4v) is 4.44. The van der Waals surface area contributed by atoms with E-state index < -0.39 is 0 Å². The average Bonchev–Trinajstić information content (AvgIpc) is 3.59. The lowest BCUT2D eigenvalue weighted by atomic mass is 9.96. The number of carbonyl (C=O) groups is 2. The third kappa shape index (κ3) is 6.52. The van der Waals surface area contributed by atoms with E-state index in [1.165, 1.54) is 18.4 Å². The van der Waals surface area contributed by atoms with E-state index in [0.717, 1.165) is 44.8 Å². The highest BCUT2D eigenvalue weighted by Crippen LogP contribution is 2.35. The molecule has 2 saturated heterocycles. The molecule has 0 unspecified atom stereocenters. The normalized spacial score (nSPS) is 25.3. The molecule has 0 spiro atoms. The van der Waals surface area contributed by atoms with Gasteiger partial charge < -0.3 is 24.7 Å². The standard InChI is InChI=1S/C22H32N2O3.CH2O2/c25-19-10-12-23(13-11-19)16-20-22(18-4-2-1-3-5-18)24(14-15-27-20)21(26)9-8-17-6-7-17;2-1-3/h1-5,17,19-20,22,25H,6-16H2;1H,(H,2,3)/t20-,22-;/m0./s1. The third-order valence-electron chi connectivity index (χ3n) is 6.27. The molecule has 0 radical (unpaired) electrons. The number of morpholine rings is 1. The van der Waals surface area contributed by atoms with Crippen molar-refractivity contribution < 1.29 is 24.5 Å². The molecule has 2 heterocycles. The number of likely N-dealkylation sites (tertiary alicyclic amines) is 1. The van der Waals surface area contributed by atoms with Crippen LogP contribution in [0.2, 0.25) is 0 Å². The minimum Gasteiger partial charge on any atom is -0.483 e. The molecule has 1 aromatic carbocycles. The maximum Gasteiger partial charge on any atom is 0.290 e. The quantitative estimate of drug-likeness (QED) is 0.689. The van der Waals surface area contributed by atoms with Gasteiger partial charge in [-0.1, -0.05) is 43.2 Å². The Labute approximate surface area is 178 Å². The molecule has 7 heteroatoms. The summed E-state index contributed by atoms with van der Waals surface area (Å²) in [6.45, 7) is 3.66. The van der Waals surface area contributed by atoms with Crippen LogP contribution in [0.1, 0.15) is 50.1 Å². The molecule has 7 nitrogen and oxygen atoms in total. The number of benzene rings is 1. The smallest absolute Gasteiger partial charge is 0.290 e. The number of nitrogens with zero attached hydrogens (tertiary/aromatic N) is 2. The molecule has 0 aromatic heterocycles. The summed E-state index contributed by atoms with van der Waals surface area (Å²) >= 11 is 0. The molecule has 1 saturated carbocycles. The molecular weight excluding hydrogens is 384 g/mol. The van der Waals surface area contributed by atoms with Crippen LogP contribution >= 0.6 is 0 Å². The van der Waals surface area contributed by atoms with Crippen molar-refractivity contribution in [3.63, 3.8) is 0 Å². The van der Waals surface area contributed by atoms with Crippen molar-refractivity contribution in [2.75, 3.05) is 32.8 Å². The summed E-state index contributed by atoms with van der Waals surface area (Å²) in [6, 6.07) is 10.3. The van der Waals surface area contributed by atoms with Gasteiger partial charge in [-0.25, -0.2) is 0 Å². The van der Waals surface area contributed by atoms with Gasteiger partial charge >= 0.3 is 0 Å². The minimum atomic E-state index is -0.250. The summed E-state index contributed by atoms with van der Waals surface area (Å²) in [5.74, 6) is 1.05. The van der Waals surface area contributed by atoms with Gasteiger partial charge in [0.25, 0.3) is 6.47 Å². The molecule has 166 valence electrons. The Balaban J connectivity index is 0.000000806. The van der Waals surface area contributed by atoms with Crippen LogP contribution in [0, 0.1) is 5.92 Å². The molecule has 2 N–H and O–H groups in total. The summed E-state index contributed by atoms with van der Waals surface area (Å²) < 4.78 is 6.19. The molecule has 4 rings (SSSR count). The van der Waals surface area contributed by atoms with E-state index >= 15 is 0 Å². The van der Waals surface area contributed by atoms with Crippen molar-refractivity contribution in [1.29, 1.82) is 0 Å². The molecule has 3 aliphatic rings. The molecule has 2 aliphatic heterocycles. The summed E-state index contributed by atoms with van der Waals surface area (Å²) in [6.07, 6.45) is 5.76. The van der Waals surface area contributed by atoms with Gasteiger partial charge in [0.1, 0.15) is 0 Å². The van der Waals surface area contributed by atoms with Crippen LogP contribution in [-0.2, 0) is 14.3 Å². The van der Waals surface area contributed by atoms with E-state index in [4.69, 9.17) is 14.6 Å². The van der Waals surface area contributed by atoms with Crippen LogP contribution in [-0.4, -0.2) is 77.4 Å². The fraction of sp³-hybridized carbons (Fsp3) is 0.652. The summed E-state index contributed by atoms with van der Waals surface area (Å²) in [7, 11) is 0. The first-order valence-electron chi connectivity index (χ1n) is 11.1. The van der Waals surface area contributed by atoms with Gasteiger partial charge in [-0.2, -0.15) is 0 Å². The van der Waals surface area contributed by atoms with E-state index in [-0.39, 0.29) is 30.6 Å². The van der Waals surface area contributed by atoms with Crippen molar-refractivity contribution in [2.24, 2.45) is 5.92 Å². The maximum atomic E-state index is 13.0. The number of amides is 1. The van der Waals surface area contributed by atoms with Gasteiger partial charge in [-0.15, -0.1) is 0 Å². The number of carbonyl (C=O) groups excluding carboxylic acids is 1. The average molecular weight is 419 g/mol. The van der Waals surface area contributed by atoms with Gasteiger partial charge in [-0.05, 0) is 30.7 Å². The van der Waals surface area contributed by atoms with E-state index in [2.05, 4.69) is 21.9 Å². The number of hydrogen-bond donors (Lipinski definition) is 2. The molecule has 30 heavy (non-hydrogen) atoms. The third-order valence-corrected chi connectivity index (χ3v) is 6.27. The molecule has 2 atom stereocenters. The molecule has 3 fully saturated rings. The van der Waals surface area contributed by atoms with Crippen LogP contribution in [0.15, 0.2) is 30.3 Å². The Morgan fingerprint density at radius 2 is 1.77 bits per heavy atom. The predicted octanol–water partition coefficient (Wildman–Crippen LogP) is 2.30. The van der Waals surface area contributed by atoms with E-state index in [0.29, 0.717) is 19.6 Å². The highest BCUT2D eigenvalue weighted by atomic mass is 16.5. The predicted molar refractivity (Wildman–Crippen MR) is 113 cm³/mol. The number of rotatable bonds is 6. The van der Waals surface area contributed by atoms with Crippen molar-refractivity contribution in [3.05, 3.63) is 35.9 Å². The summed E-state index contributed by atoms with van der Waals surface area (Å²) in [5, 5.41) is 16.7. The molecule has 1 aromatic rings. The number of ether oxygens (including phenoxy) is 1. The molecule has 0 bridgehead atoms. The largest absolute Gasteiger partial charge is 0.483 e. The highest BCUT2D eigenvalue weighted by Gasteiger charge is 2.38. The lowest BCUT2D eigenvalue weighted by Gasteiger charge is -2.44. The summed E-state index contributed by atoms with van der Waals surface area (Å²) in [4.78, 5) is 25.8. The Morgan fingerprint density at radius 1 is 1.10 bits per heavy atom. The number of aliphatic hydroxyl groups is 1. The van der Waals surface area contributed by atoms with Crippen LogP contribution in [0.4, 0.5) is 0 Å². The van der Waals surface area contributed by atoms with Crippen LogP contribution in [0.25, 0.3) is 0 Å². The Kier molecular flexibility index (Phi) is 8.66. The van der Waals surface area contributed by atoms with Crippen molar-refractivity contribution >= 4 is 12.4 Å². The second-order valence-corrected chi connectivity index (χ2v) is 8.47. The zero-order chi connectivity index (χ0) is 21.3. The second kappa shape index (κ2) is 11.4. The zero-order valence-electron chi connectivity index (χ0n) is 17.6. The van der Waals surface area contributed by atoms with Crippen LogP contribution in [0.5, 0.6) is 0 Å². The first kappa shape index (κ1) is 22.7. The maximum absolute atomic E-state index is 13.0. The van der Waals surface area contributed by atoms with Crippen LogP contribution < -0.4 is 0 Å². The number of carboxylic acid groups (broad SMARTS) is 1. The second-order valence-electron chi connectivity index (χ2n) is 8.47. The summed E-state index contributed by atoms with van der Waals surface area (Å²) in [5.41, 5.74) is 1.17. The zero-order valence-corrected chi connectivity index (χ0v) is 17.6. The molecule has 1 aliphatic carbocycles.